The van der Waals surface area contributed by atoms with Gasteiger partial charge in [0.15, 0.2) is 0 Å². The number of hydrogen-bond acceptors (Lipinski definition) is 4. The summed E-state index contributed by atoms with van der Waals surface area (Å²) < 4.78 is 1.76. The Kier molecular flexibility index (Phi) is 3.60. The van der Waals surface area contributed by atoms with E-state index in [2.05, 4.69) is 30.7 Å². The molecule has 1 saturated carbocycles. The van der Waals surface area contributed by atoms with Crippen LogP contribution in [-0.2, 0) is 0 Å². The zero-order valence-electron chi connectivity index (χ0n) is 14.4. The lowest BCUT2D eigenvalue weighted by Crippen LogP contribution is -2.30. The number of nitrogens with one attached hydrogen (secondary N) is 3. The first-order valence-electron chi connectivity index (χ1n) is 8.78. The van der Waals surface area contributed by atoms with Crippen molar-refractivity contribution >= 4 is 23.0 Å². The monoisotopic (exact) mass is 359 g/mol. The van der Waals surface area contributed by atoms with E-state index in [0.29, 0.717) is 5.95 Å². The van der Waals surface area contributed by atoms with Crippen LogP contribution in [0.5, 0.6) is 0 Å². The molecule has 3 aromatic heterocycles. The lowest BCUT2D eigenvalue weighted by Gasteiger charge is -2.07. The Balaban J connectivity index is 1.59. The fourth-order valence-electron chi connectivity index (χ4n) is 3.00. The Morgan fingerprint density at radius 1 is 1.19 bits per heavy atom. The highest BCUT2D eigenvalue weighted by molar-refractivity contribution is 5.94. The number of amides is 2. The predicted molar refractivity (Wildman–Crippen MR) is 102 cm³/mol. The summed E-state index contributed by atoms with van der Waals surface area (Å²) in [5, 5.41) is 10.0. The number of anilines is 1. The molecule has 0 bridgehead atoms. The van der Waals surface area contributed by atoms with Gasteiger partial charge in [-0.1, -0.05) is 6.07 Å². The van der Waals surface area contributed by atoms with Crippen molar-refractivity contribution in [1.82, 2.24) is 30.0 Å². The highest BCUT2D eigenvalue weighted by Crippen LogP contribution is 2.29. The van der Waals surface area contributed by atoms with Crippen LogP contribution in [0.1, 0.15) is 12.8 Å². The molecule has 0 atom stereocenters. The third-order valence-electron chi connectivity index (χ3n) is 4.46. The van der Waals surface area contributed by atoms with Gasteiger partial charge in [0.05, 0.1) is 11.2 Å². The van der Waals surface area contributed by atoms with E-state index < -0.39 is 0 Å². The summed E-state index contributed by atoms with van der Waals surface area (Å²) in [6.45, 7) is 0. The first-order valence-corrected chi connectivity index (χ1v) is 8.78. The molecular formula is C19H17N7O. The fourth-order valence-corrected chi connectivity index (χ4v) is 3.00. The summed E-state index contributed by atoms with van der Waals surface area (Å²) >= 11 is 0. The average Bonchev–Trinajstić information content (AvgIpc) is 3.17. The zero-order valence-corrected chi connectivity index (χ0v) is 14.4. The highest BCUT2D eigenvalue weighted by Gasteiger charge is 2.23. The van der Waals surface area contributed by atoms with Gasteiger partial charge in [-0.2, -0.15) is 5.10 Å². The second-order valence-electron chi connectivity index (χ2n) is 6.54. The maximum atomic E-state index is 12.0. The van der Waals surface area contributed by atoms with Crippen LogP contribution in [-0.4, -0.2) is 36.8 Å². The Morgan fingerprint density at radius 3 is 2.85 bits per heavy atom. The molecule has 134 valence electrons. The number of pyridine rings is 1. The zero-order chi connectivity index (χ0) is 18.2. The van der Waals surface area contributed by atoms with Crippen molar-refractivity contribution in [3.8, 4) is 16.8 Å². The molecule has 1 fully saturated rings. The van der Waals surface area contributed by atoms with Crippen LogP contribution in [0.4, 0.5) is 10.7 Å². The fraction of sp³-hybridized carbons (Fsp3) is 0.158. The van der Waals surface area contributed by atoms with E-state index in [-0.39, 0.29) is 12.1 Å². The third-order valence-corrected chi connectivity index (χ3v) is 4.46. The van der Waals surface area contributed by atoms with Gasteiger partial charge >= 0.3 is 6.03 Å². The summed E-state index contributed by atoms with van der Waals surface area (Å²) in [5.41, 5.74) is 4.34. The number of urea groups is 1. The number of benzene rings is 1. The van der Waals surface area contributed by atoms with E-state index in [4.69, 9.17) is 0 Å². The minimum absolute atomic E-state index is 0.246. The van der Waals surface area contributed by atoms with Gasteiger partial charge in [-0.15, -0.1) is 0 Å². The van der Waals surface area contributed by atoms with Crippen molar-refractivity contribution in [3.05, 3.63) is 55.1 Å². The molecular weight excluding hydrogens is 342 g/mol. The van der Waals surface area contributed by atoms with Crippen molar-refractivity contribution in [2.45, 2.75) is 18.9 Å². The van der Waals surface area contributed by atoms with Crippen molar-refractivity contribution in [3.63, 3.8) is 0 Å². The van der Waals surface area contributed by atoms with Crippen LogP contribution >= 0.6 is 0 Å². The second-order valence-corrected chi connectivity index (χ2v) is 6.54. The Labute approximate surface area is 154 Å². The minimum atomic E-state index is -0.246. The number of aromatic nitrogens is 5. The van der Waals surface area contributed by atoms with Crippen LogP contribution in [0.25, 0.3) is 27.8 Å². The molecule has 0 aliphatic heterocycles. The van der Waals surface area contributed by atoms with Crippen LogP contribution in [0.2, 0.25) is 0 Å². The number of nitrogens with zero attached hydrogens (tertiary/aromatic N) is 4. The van der Waals surface area contributed by atoms with Crippen molar-refractivity contribution in [2.75, 3.05) is 5.32 Å². The van der Waals surface area contributed by atoms with E-state index in [1.165, 1.54) is 0 Å². The van der Waals surface area contributed by atoms with Gasteiger partial charge in [-0.3, -0.25) is 10.3 Å². The van der Waals surface area contributed by atoms with Gasteiger partial charge < -0.3 is 10.3 Å². The standard InChI is InChI=1S/C19H17N7O/c27-19(22-14-4-5-14)25-18-23-15-9-13(12-3-1-6-20-11-12)10-16(17(15)24-18)26-8-2-7-21-26/h1-3,6-11,14H,4-5H2,(H3,22,23,24,25,27). The summed E-state index contributed by atoms with van der Waals surface area (Å²) in [4.78, 5) is 24.0. The van der Waals surface area contributed by atoms with Gasteiger partial charge in [0.2, 0.25) is 5.95 Å². The highest BCUT2D eigenvalue weighted by atomic mass is 16.2. The van der Waals surface area contributed by atoms with Crippen molar-refractivity contribution in [1.29, 1.82) is 0 Å². The van der Waals surface area contributed by atoms with E-state index in [0.717, 1.165) is 40.7 Å². The number of hydrogen-bond donors (Lipinski definition) is 3. The predicted octanol–water partition coefficient (Wildman–Crippen LogP) is 3.09. The molecule has 1 aromatic carbocycles. The SMILES string of the molecule is O=C(Nc1nc2c(-n3cccn3)cc(-c3cccnc3)cc2[nH]1)NC1CC1. The average molecular weight is 359 g/mol. The Morgan fingerprint density at radius 2 is 2.11 bits per heavy atom. The van der Waals surface area contributed by atoms with Crippen LogP contribution < -0.4 is 10.6 Å². The molecule has 1 aliphatic carbocycles. The van der Waals surface area contributed by atoms with Gasteiger partial charge in [0.25, 0.3) is 0 Å². The number of carbonyl (C=O) groups is 1. The molecule has 0 saturated heterocycles. The first-order chi connectivity index (χ1) is 13.3. The molecule has 2 amide bonds. The molecule has 8 nitrogen and oxygen atoms in total. The Hall–Kier alpha value is -3.68. The molecule has 1 aliphatic rings. The number of imidazole rings is 1. The molecule has 0 spiro atoms. The third kappa shape index (κ3) is 3.12. The van der Waals surface area contributed by atoms with Crippen LogP contribution in [0.3, 0.4) is 0 Å². The number of fused-ring (bicyclic) bond motifs is 1. The number of carbonyl (C=O) groups excluding carboxylic acids is 1. The number of H-pyrrole nitrogens is 1. The largest absolute Gasteiger partial charge is 0.335 e. The topological polar surface area (TPSA) is 101 Å². The first kappa shape index (κ1) is 15.6. The summed E-state index contributed by atoms with van der Waals surface area (Å²) in [6.07, 6.45) is 9.21. The van der Waals surface area contributed by atoms with Crippen LogP contribution in [0, 0.1) is 0 Å². The Bertz CT molecular complexity index is 1100. The smallest absolute Gasteiger partial charge is 0.321 e. The number of rotatable bonds is 4. The van der Waals surface area contributed by atoms with E-state index >= 15 is 0 Å². The van der Waals surface area contributed by atoms with Gasteiger partial charge in [0.1, 0.15) is 5.52 Å². The second kappa shape index (κ2) is 6.24. The van der Waals surface area contributed by atoms with E-state index in [9.17, 15) is 4.79 Å². The molecule has 3 N–H and O–H groups in total. The maximum absolute atomic E-state index is 12.0. The normalized spacial score (nSPS) is 13.6. The van der Waals surface area contributed by atoms with Gasteiger partial charge in [-0.05, 0) is 42.7 Å². The van der Waals surface area contributed by atoms with Gasteiger partial charge in [-0.25, -0.2) is 14.5 Å². The molecule has 0 radical (unpaired) electrons. The lowest BCUT2D eigenvalue weighted by molar-refractivity contribution is 0.251. The summed E-state index contributed by atoms with van der Waals surface area (Å²) in [6, 6.07) is 9.81. The molecule has 5 rings (SSSR count). The number of aromatic amines is 1. The molecule has 4 aromatic rings. The van der Waals surface area contributed by atoms with E-state index in [1.807, 2.05) is 42.7 Å². The molecule has 0 unspecified atom stereocenters. The quantitative estimate of drug-likeness (QED) is 0.521. The van der Waals surface area contributed by atoms with Crippen molar-refractivity contribution < 1.29 is 4.79 Å². The van der Waals surface area contributed by atoms with Crippen molar-refractivity contribution in [2.24, 2.45) is 0 Å². The van der Waals surface area contributed by atoms with Gasteiger partial charge in [0, 0.05) is 36.4 Å². The molecule has 3 heterocycles. The summed E-state index contributed by atoms with van der Waals surface area (Å²) in [5.74, 6) is 0.403. The van der Waals surface area contributed by atoms with E-state index in [1.54, 1.807) is 17.1 Å². The maximum Gasteiger partial charge on any atom is 0.321 e. The summed E-state index contributed by atoms with van der Waals surface area (Å²) in [7, 11) is 0. The van der Waals surface area contributed by atoms with Crippen LogP contribution in [0.15, 0.2) is 55.1 Å². The molecule has 27 heavy (non-hydrogen) atoms. The molecule has 8 heteroatoms. The lowest BCUT2D eigenvalue weighted by atomic mass is 10.1. The minimum Gasteiger partial charge on any atom is -0.335 e.